The summed E-state index contributed by atoms with van der Waals surface area (Å²) in [5.41, 5.74) is 9.53. The van der Waals surface area contributed by atoms with Gasteiger partial charge in [-0.3, -0.25) is 0 Å². The lowest BCUT2D eigenvalue weighted by atomic mass is 10.0. The number of aryl methyl sites for hydroxylation is 1. The number of sulfonamides is 1. The first-order chi connectivity index (χ1) is 19.1. The van der Waals surface area contributed by atoms with Crippen molar-refractivity contribution in [1.82, 2.24) is 4.31 Å². The second-order valence-corrected chi connectivity index (χ2v) is 23.7. The molecule has 0 aromatic heterocycles. The van der Waals surface area contributed by atoms with E-state index in [0.717, 1.165) is 59.9 Å². The summed E-state index contributed by atoms with van der Waals surface area (Å²) >= 11 is 0. The molecule has 0 spiro atoms. The van der Waals surface area contributed by atoms with Crippen molar-refractivity contribution in [3.63, 3.8) is 0 Å². The van der Waals surface area contributed by atoms with E-state index in [1.807, 2.05) is 19.1 Å². The van der Waals surface area contributed by atoms with Crippen LogP contribution in [-0.2, 0) is 23.1 Å². The predicted octanol–water partition coefficient (Wildman–Crippen LogP) is 8.03. The van der Waals surface area contributed by atoms with Crippen molar-refractivity contribution in [1.29, 1.82) is 0 Å². The molecule has 4 nitrogen and oxygen atoms in total. The number of nitrogens with one attached hydrogen (secondary N) is 1. The molecule has 0 saturated heterocycles. The first-order valence-electron chi connectivity index (χ1n) is 15.6. The van der Waals surface area contributed by atoms with Gasteiger partial charge in [-0.25, -0.2) is 8.42 Å². The molecule has 0 radical (unpaired) electrons. The zero-order chi connectivity index (χ0) is 29.6. The Kier molecular flexibility index (Phi) is 11.3. The van der Waals surface area contributed by atoms with Crippen LogP contribution in [0.25, 0.3) is 0 Å². The molecule has 0 amide bonds. The molecule has 2 aromatic rings. The fourth-order valence-corrected chi connectivity index (χ4v) is 13.9. The minimum absolute atomic E-state index is 0.369. The van der Waals surface area contributed by atoms with E-state index in [4.69, 9.17) is 0 Å². The SMILES string of the molecule is CCCCNc1cc([Si](CC)(CC)CC)c(C#C[Si](CC)(CC)CC)c2c1CN(S(=O)(=O)c1ccc(C)cc1)C2. The summed E-state index contributed by atoms with van der Waals surface area (Å²) in [5, 5.41) is 5.19. The van der Waals surface area contributed by atoms with Gasteiger partial charge in [-0.2, -0.15) is 4.31 Å². The van der Waals surface area contributed by atoms with E-state index in [9.17, 15) is 8.42 Å². The highest BCUT2D eigenvalue weighted by Gasteiger charge is 2.39. The van der Waals surface area contributed by atoms with Gasteiger partial charge in [0.25, 0.3) is 0 Å². The van der Waals surface area contributed by atoms with Crippen molar-refractivity contribution in [2.24, 2.45) is 0 Å². The van der Waals surface area contributed by atoms with Gasteiger partial charge in [0.05, 0.1) is 13.0 Å². The molecule has 1 aliphatic heterocycles. The molecule has 40 heavy (non-hydrogen) atoms. The summed E-state index contributed by atoms with van der Waals surface area (Å²) in [5.74, 6) is 3.83. The molecule has 1 heterocycles. The van der Waals surface area contributed by atoms with Gasteiger partial charge < -0.3 is 5.32 Å². The first-order valence-corrected chi connectivity index (χ1v) is 22.3. The van der Waals surface area contributed by atoms with E-state index in [2.05, 4.69) is 71.3 Å². The molecule has 2 aromatic carbocycles. The third kappa shape index (κ3) is 6.46. The second-order valence-electron chi connectivity index (χ2n) is 11.6. The monoisotopic (exact) mass is 596 g/mol. The Morgan fingerprint density at radius 2 is 1.43 bits per heavy atom. The number of unbranched alkanes of at least 4 members (excludes halogenated alkanes) is 1. The summed E-state index contributed by atoms with van der Waals surface area (Å²) in [4.78, 5) is 0.369. The topological polar surface area (TPSA) is 49.4 Å². The Labute approximate surface area is 247 Å². The molecule has 0 fully saturated rings. The van der Waals surface area contributed by atoms with Crippen molar-refractivity contribution in [2.45, 2.75) is 122 Å². The van der Waals surface area contributed by atoms with Gasteiger partial charge in [0.15, 0.2) is 0 Å². The van der Waals surface area contributed by atoms with Crippen molar-refractivity contribution < 1.29 is 8.42 Å². The lowest BCUT2D eigenvalue weighted by Gasteiger charge is -2.32. The van der Waals surface area contributed by atoms with E-state index >= 15 is 0 Å². The number of nitrogens with zero attached hydrogens (tertiary/aromatic N) is 1. The third-order valence-corrected chi connectivity index (χ3v) is 21.9. The van der Waals surface area contributed by atoms with Gasteiger partial charge in [-0.1, -0.05) is 96.6 Å². The van der Waals surface area contributed by atoms with Gasteiger partial charge in [-0.05, 0) is 66.0 Å². The number of hydrogen-bond donors (Lipinski definition) is 1. The first kappa shape index (κ1) is 32.7. The van der Waals surface area contributed by atoms with Gasteiger partial charge in [0.1, 0.15) is 8.07 Å². The smallest absolute Gasteiger partial charge is 0.243 e. The highest BCUT2D eigenvalue weighted by atomic mass is 32.2. The van der Waals surface area contributed by atoms with Crippen LogP contribution in [0.2, 0.25) is 36.3 Å². The van der Waals surface area contributed by atoms with Crippen LogP contribution in [0.4, 0.5) is 5.69 Å². The van der Waals surface area contributed by atoms with Crippen molar-refractivity contribution >= 4 is 37.0 Å². The van der Waals surface area contributed by atoms with Crippen LogP contribution in [0.15, 0.2) is 35.2 Å². The maximum Gasteiger partial charge on any atom is 0.243 e. The number of rotatable bonds is 13. The average molecular weight is 597 g/mol. The van der Waals surface area contributed by atoms with Gasteiger partial charge >= 0.3 is 0 Å². The fraction of sp³-hybridized carbons (Fsp3) is 0.576. The van der Waals surface area contributed by atoms with Crippen LogP contribution in [-0.4, -0.2) is 35.4 Å². The number of benzene rings is 2. The fourth-order valence-electron chi connectivity index (χ4n) is 6.22. The molecule has 0 atom stereocenters. The minimum Gasteiger partial charge on any atom is -0.385 e. The summed E-state index contributed by atoms with van der Waals surface area (Å²) in [6, 6.07) is 16.7. The van der Waals surface area contributed by atoms with Crippen LogP contribution in [0.3, 0.4) is 0 Å². The Balaban J connectivity index is 2.30. The van der Waals surface area contributed by atoms with Gasteiger partial charge in [0.2, 0.25) is 10.0 Å². The highest BCUT2D eigenvalue weighted by Crippen LogP contribution is 2.37. The van der Waals surface area contributed by atoms with Crippen molar-refractivity contribution in [2.75, 3.05) is 11.9 Å². The summed E-state index contributed by atoms with van der Waals surface area (Å²) in [6.07, 6.45) is 2.21. The molecular weight excluding hydrogens is 545 g/mol. The van der Waals surface area contributed by atoms with E-state index in [-0.39, 0.29) is 0 Å². The summed E-state index contributed by atoms with van der Waals surface area (Å²) in [6.45, 7) is 19.9. The van der Waals surface area contributed by atoms with Gasteiger partial charge in [0, 0.05) is 30.9 Å². The second kappa shape index (κ2) is 13.9. The predicted molar refractivity (Wildman–Crippen MR) is 178 cm³/mol. The zero-order valence-corrected chi connectivity index (χ0v) is 29.2. The van der Waals surface area contributed by atoms with Crippen LogP contribution >= 0.6 is 0 Å². The van der Waals surface area contributed by atoms with Crippen LogP contribution < -0.4 is 10.5 Å². The highest BCUT2D eigenvalue weighted by molar-refractivity contribution is 7.89. The molecule has 1 aliphatic rings. The van der Waals surface area contributed by atoms with Crippen LogP contribution in [0.5, 0.6) is 0 Å². The largest absolute Gasteiger partial charge is 0.385 e. The summed E-state index contributed by atoms with van der Waals surface area (Å²) < 4.78 is 29.5. The maximum absolute atomic E-state index is 13.9. The Bertz CT molecular complexity index is 1300. The molecule has 7 heteroatoms. The zero-order valence-electron chi connectivity index (χ0n) is 26.3. The number of hydrogen-bond acceptors (Lipinski definition) is 3. The van der Waals surface area contributed by atoms with Gasteiger partial charge in [-0.15, -0.1) is 5.54 Å². The lowest BCUT2D eigenvalue weighted by molar-refractivity contribution is 0.431. The standard InChI is InChI=1S/C33H52N2O2SSi2/c1-9-16-22-34-32-24-33(40(13-5,14-6)15-7)29(21-23-39(10-2,11-3)12-4)30-25-35(26-31(30)32)38(36,37)28-19-17-27(8)18-20-28/h17-20,24,34H,9-16,22,25-26H2,1-8H3. The molecule has 0 aliphatic carbocycles. The van der Waals surface area contributed by atoms with Crippen LogP contribution in [0.1, 0.15) is 83.6 Å². The molecule has 0 saturated carbocycles. The van der Waals surface area contributed by atoms with E-state index < -0.39 is 26.2 Å². The van der Waals surface area contributed by atoms with E-state index in [1.165, 1.54) is 28.9 Å². The number of fused-ring (bicyclic) bond motifs is 1. The molecule has 3 rings (SSSR count). The summed E-state index contributed by atoms with van der Waals surface area (Å²) in [7, 11) is -7.14. The van der Waals surface area contributed by atoms with Crippen molar-refractivity contribution in [3.8, 4) is 11.5 Å². The molecule has 0 unspecified atom stereocenters. The van der Waals surface area contributed by atoms with Crippen LogP contribution in [0, 0.1) is 18.4 Å². The lowest BCUT2D eigenvalue weighted by Crippen LogP contribution is -2.48. The maximum atomic E-state index is 13.9. The number of anilines is 1. The normalized spacial score (nSPS) is 14.1. The Hall–Kier alpha value is -1.86. The quantitative estimate of drug-likeness (QED) is 0.145. The molecule has 1 N–H and O–H groups in total. The van der Waals surface area contributed by atoms with E-state index in [0.29, 0.717) is 18.0 Å². The Morgan fingerprint density at radius 3 is 1.95 bits per heavy atom. The minimum atomic E-state index is -3.63. The average Bonchev–Trinajstić information content (AvgIpc) is 3.43. The molecule has 220 valence electrons. The van der Waals surface area contributed by atoms with E-state index in [1.54, 1.807) is 16.4 Å². The van der Waals surface area contributed by atoms with Crippen molar-refractivity contribution in [3.05, 3.63) is 52.6 Å². The Morgan fingerprint density at radius 1 is 0.850 bits per heavy atom. The molecular formula is C33H52N2O2SSi2. The third-order valence-electron chi connectivity index (χ3n) is 9.81. The molecule has 0 bridgehead atoms.